The standard InChI is InChI=1S/C4H8O2.Ag/c1-3(2)4(5)6;/h3H,1-2H3,(H,5,6);/q;+1/p-1. The number of carboxylic acid groups (broad SMARTS) is 1. The molecular formula is C4H7AgO2. The fourth-order valence-corrected chi connectivity index (χ4v) is 0. The van der Waals surface area contributed by atoms with Crippen molar-refractivity contribution in [3.8, 4) is 0 Å². The van der Waals surface area contributed by atoms with Crippen LogP contribution >= 0.6 is 0 Å². The second kappa shape index (κ2) is 4.37. The molecule has 0 aromatic rings. The SMILES string of the molecule is CC(C)C(=O)[O-].[Ag+]. The average Bonchev–Trinajstić information content (AvgIpc) is 1.36. The maximum atomic E-state index is 9.59. The van der Waals surface area contributed by atoms with Gasteiger partial charge in [-0.25, -0.2) is 0 Å². The first-order valence-corrected chi connectivity index (χ1v) is 1.85. The van der Waals surface area contributed by atoms with Gasteiger partial charge in [-0.05, 0) is 5.92 Å². The minimum absolute atomic E-state index is 0. The third-order valence-corrected chi connectivity index (χ3v) is 0.471. The molecule has 0 atom stereocenters. The van der Waals surface area contributed by atoms with E-state index in [1.807, 2.05) is 0 Å². The van der Waals surface area contributed by atoms with E-state index in [4.69, 9.17) is 0 Å². The van der Waals surface area contributed by atoms with Gasteiger partial charge in [0.15, 0.2) is 0 Å². The summed E-state index contributed by atoms with van der Waals surface area (Å²) >= 11 is 0. The molecule has 2 nitrogen and oxygen atoms in total. The Kier molecular flexibility index (Phi) is 6.40. The van der Waals surface area contributed by atoms with E-state index in [1.165, 1.54) is 0 Å². The molecule has 0 radical (unpaired) electrons. The van der Waals surface area contributed by atoms with Crippen molar-refractivity contribution in [2.45, 2.75) is 13.8 Å². The summed E-state index contributed by atoms with van der Waals surface area (Å²) < 4.78 is 0. The largest absolute Gasteiger partial charge is 1.00 e. The third kappa shape index (κ3) is 6.21. The molecule has 0 aliphatic carbocycles. The summed E-state index contributed by atoms with van der Waals surface area (Å²) in [4.78, 5) is 9.59. The molecule has 0 saturated carbocycles. The van der Waals surface area contributed by atoms with Gasteiger partial charge in [-0.1, -0.05) is 13.8 Å². The van der Waals surface area contributed by atoms with E-state index in [2.05, 4.69) is 0 Å². The molecule has 0 aromatic carbocycles. The van der Waals surface area contributed by atoms with E-state index in [0.717, 1.165) is 0 Å². The number of carbonyl (C=O) groups excluding carboxylic acids is 1. The van der Waals surface area contributed by atoms with Crippen molar-refractivity contribution in [2.75, 3.05) is 0 Å². The number of hydrogen-bond donors (Lipinski definition) is 0. The van der Waals surface area contributed by atoms with Crippen LogP contribution < -0.4 is 5.11 Å². The number of carbonyl (C=O) groups is 1. The molecule has 0 saturated heterocycles. The van der Waals surface area contributed by atoms with Crippen molar-refractivity contribution < 1.29 is 32.3 Å². The summed E-state index contributed by atoms with van der Waals surface area (Å²) in [7, 11) is 0. The molecule has 0 N–H and O–H groups in total. The first-order valence-electron chi connectivity index (χ1n) is 1.85. The van der Waals surface area contributed by atoms with Crippen molar-refractivity contribution in [1.29, 1.82) is 0 Å². The van der Waals surface area contributed by atoms with E-state index in [0.29, 0.717) is 0 Å². The molecule has 46 valence electrons. The molecule has 0 amide bonds. The molecule has 0 fully saturated rings. The molecule has 0 bridgehead atoms. The third-order valence-electron chi connectivity index (χ3n) is 0.471. The summed E-state index contributed by atoms with van der Waals surface area (Å²) in [5, 5.41) is 9.59. The Hall–Kier alpha value is 0.210. The van der Waals surface area contributed by atoms with Gasteiger partial charge in [-0.15, -0.1) is 0 Å². The minimum Gasteiger partial charge on any atom is -0.550 e. The van der Waals surface area contributed by atoms with Gasteiger partial charge in [0.2, 0.25) is 0 Å². The maximum Gasteiger partial charge on any atom is 1.00 e. The predicted octanol–water partition coefficient (Wildman–Crippen LogP) is -0.610. The van der Waals surface area contributed by atoms with E-state index in [9.17, 15) is 9.90 Å². The van der Waals surface area contributed by atoms with Crippen LogP contribution in [0.1, 0.15) is 13.8 Å². The van der Waals surface area contributed by atoms with Gasteiger partial charge in [0.25, 0.3) is 0 Å². The first-order chi connectivity index (χ1) is 2.64. The zero-order valence-electron chi connectivity index (χ0n) is 4.20. The summed E-state index contributed by atoms with van der Waals surface area (Å²) in [6, 6.07) is 0. The number of carboxylic acids is 1. The molecular weight excluding hydrogens is 188 g/mol. The molecule has 0 spiro atoms. The Morgan fingerprint density at radius 2 is 1.71 bits per heavy atom. The zero-order chi connectivity index (χ0) is 5.15. The second-order valence-corrected chi connectivity index (χ2v) is 1.47. The quantitative estimate of drug-likeness (QED) is 0.523. The fraction of sp³-hybridized carbons (Fsp3) is 0.750. The monoisotopic (exact) mass is 194 g/mol. The van der Waals surface area contributed by atoms with Crippen LogP contribution in [0, 0.1) is 5.92 Å². The van der Waals surface area contributed by atoms with Crippen LogP contribution in [0.4, 0.5) is 0 Å². The van der Waals surface area contributed by atoms with Crippen molar-refractivity contribution in [3.63, 3.8) is 0 Å². The fourth-order valence-electron chi connectivity index (χ4n) is 0. The van der Waals surface area contributed by atoms with Gasteiger partial charge in [0.05, 0.1) is 0 Å². The number of aliphatic carboxylic acids is 1. The van der Waals surface area contributed by atoms with Crippen molar-refractivity contribution in [3.05, 3.63) is 0 Å². The molecule has 0 rings (SSSR count). The van der Waals surface area contributed by atoms with Gasteiger partial charge >= 0.3 is 22.4 Å². The summed E-state index contributed by atoms with van der Waals surface area (Å²) in [5.74, 6) is -1.33. The van der Waals surface area contributed by atoms with Crippen LogP contribution in [0.3, 0.4) is 0 Å². The normalized spacial score (nSPS) is 7.86. The second-order valence-electron chi connectivity index (χ2n) is 1.47. The molecule has 0 aliphatic rings. The number of rotatable bonds is 1. The minimum atomic E-state index is -0.991. The predicted molar refractivity (Wildman–Crippen MR) is 19.8 cm³/mol. The van der Waals surface area contributed by atoms with Crippen LogP contribution in [-0.4, -0.2) is 5.97 Å². The molecule has 0 unspecified atom stereocenters. The Bertz CT molecular complexity index is 60.7. The molecule has 0 aliphatic heterocycles. The van der Waals surface area contributed by atoms with Crippen LogP contribution in [0.5, 0.6) is 0 Å². The average molecular weight is 195 g/mol. The maximum absolute atomic E-state index is 9.59. The van der Waals surface area contributed by atoms with E-state index in [1.54, 1.807) is 13.8 Å². The Morgan fingerprint density at radius 3 is 1.71 bits per heavy atom. The van der Waals surface area contributed by atoms with Gasteiger partial charge in [0, 0.05) is 5.97 Å². The zero-order valence-corrected chi connectivity index (χ0v) is 5.68. The Morgan fingerprint density at radius 1 is 1.57 bits per heavy atom. The topological polar surface area (TPSA) is 40.1 Å². The van der Waals surface area contributed by atoms with E-state index < -0.39 is 5.97 Å². The smallest absolute Gasteiger partial charge is 0.550 e. The van der Waals surface area contributed by atoms with Gasteiger partial charge in [-0.2, -0.15) is 0 Å². The summed E-state index contributed by atoms with van der Waals surface area (Å²) in [6.45, 7) is 3.16. The van der Waals surface area contributed by atoms with Crippen molar-refractivity contribution in [1.82, 2.24) is 0 Å². The molecule has 3 heteroatoms. The molecule has 0 heterocycles. The summed E-state index contributed by atoms with van der Waals surface area (Å²) in [6.07, 6.45) is 0. The van der Waals surface area contributed by atoms with Crippen LogP contribution in [0.25, 0.3) is 0 Å². The van der Waals surface area contributed by atoms with E-state index in [-0.39, 0.29) is 28.3 Å². The molecule has 0 aromatic heterocycles. The summed E-state index contributed by atoms with van der Waals surface area (Å²) in [5.41, 5.74) is 0. The van der Waals surface area contributed by atoms with Crippen molar-refractivity contribution in [2.24, 2.45) is 5.92 Å². The first kappa shape index (κ1) is 10.2. The van der Waals surface area contributed by atoms with Crippen LogP contribution in [-0.2, 0) is 27.2 Å². The van der Waals surface area contributed by atoms with Gasteiger partial charge in [0.1, 0.15) is 0 Å². The van der Waals surface area contributed by atoms with Gasteiger partial charge < -0.3 is 9.90 Å². The van der Waals surface area contributed by atoms with Crippen molar-refractivity contribution >= 4 is 5.97 Å². The Labute approximate surface area is 58.4 Å². The number of hydrogen-bond acceptors (Lipinski definition) is 2. The van der Waals surface area contributed by atoms with Gasteiger partial charge in [-0.3, -0.25) is 0 Å². The van der Waals surface area contributed by atoms with Crippen LogP contribution in [0.2, 0.25) is 0 Å². The molecule has 7 heavy (non-hydrogen) atoms. The van der Waals surface area contributed by atoms with E-state index >= 15 is 0 Å². The van der Waals surface area contributed by atoms with Crippen LogP contribution in [0.15, 0.2) is 0 Å². The Balaban J connectivity index is 0.